The average molecular weight is 423 g/mol. The lowest BCUT2D eigenvalue weighted by molar-refractivity contribution is 0.152. The molecule has 2 aromatic carbocycles. The summed E-state index contributed by atoms with van der Waals surface area (Å²) in [5.74, 6) is 1.17. The minimum absolute atomic E-state index is 0.490. The van der Waals surface area contributed by atoms with Crippen molar-refractivity contribution < 1.29 is 14.0 Å². The third-order valence-corrected chi connectivity index (χ3v) is 5.44. The molecule has 1 fully saturated rings. The first-order chi connectivity index (χ1) is 13.5. The summed E-state index contributed by atoms with van der Waals surface area (Å²) >= 11 is 12.4. The van der Waals surface area contributed by atoms with Crippen molar-refractivity contribution in [2.24, 2.45) is 0 Å². The Hall–Kier alpha value is -1.44. The van der Waals surface area contributed by atoms with Gasteiger partial charge in [0.25, 0.3) is 0 Å². The fraction of sp³-hybridized carbons (Fsp3) is 0.400. The smallest absolute Gasteiger partial charge is 0.501 e. The third kappa shape index (κ3) is 6.29. The van der Waals surface area contributed by atoms with E-state index in [4.69, 9.17) is 37.2 Å². The van der Waals surface area contributed by atoms with Crippen LogP contribution in [0, 0.1) is 13.8 Å². The van der Waals surface area contributed by atoms with Crippen LogP contribution in [0.5, 0.6) is 11.5 Å². The normalized spacial score (nSPS) is 14.7. The summed E-state index contributed by atoms with van der Waals surface area (Å²) in [5, 5.41) is 4.61. The summed E-state index contributed by atoms with van der Waals surface area (Å²) in [6.07, 6.45) is 0. The summed E-state index contributed by atoms with van der Waals surface area (Å²) in [7, 11) is -0.902. The zero-order valence-corrected chi connectivity index (χ0v) is 17.7. The van der Waals surface area contributed by atoms with E-state index < -0.39 is 7.32 Å². The van der Waals surface area contributed by atoms with E-state index in [-0.39, 0.29) is 0 Å². The van der Waals surface area contributed by atoms with Crippen LogP contribution in [0.25, 0.3) is 0 Å². The predicted octanol–water partition coefficient (Wildman–Crippen LogP) is 3.97. The highest BCUT2D eigenvalue weighted by Crippen LogP contribution is 2.25. The number of nitrogens with zero attached hydrogens (tertiary/aromatic N) is 1. The molecule has 2 aromatic rings. The number of piperazine rings is 1. The van der Waals surface area contributed by atoms with Crippen LogP contribution in [-0.4, -0.2) is 51.6 Å². The lowest BCUT2D eigenvalue weighted by atomic mass is 10.1. The van der Waals surface area contributed by atoms with Crippen LogP contribution in [0.4, 0.5) is 0 Å². The van der Waals surface area contributed by atoms with E-state index in [1.807, 2.05) is 38.1 Å². The van der Waals surface area contributed by atoms with Crippen LogP contribution in [0.2, 0.25) is 10.0 Å². The fourth-order valence-corrected chi connectivity index (χ4v) is 3.16. The van der Waals surface area contributed by atoms with E-state index in [1.165, 1.54) is 0 Å². The van der Waals surface area contributed by atoms with Crippen LogP contribution >= 0.6 is 23.2 Å². The molecule has 28 heavy (non-hydrogen) atoms. The zero-order valence-electron chi connectivity index (χ0n) is 16.2. The van der Waals surface area contributed by atoms with E-state index in [1.54, 1.807) is 12.1 Å². The summed E-state index contributed by atoms with van der Waals surface area (Å²) in [5.41, 5.74) is 1.97. The van der Waals surface area contributed by atoms with Crippen molar-refractivity contribution in [1.29, 1.82) is 0 Å². The molecule has 0 unspecified atom stereocenters. The van der Waals surface area contributed by atoms with Crippen LogP contribution in [0.3, 0.4) is 0 Å². The van der Waals surface area contributed by atoms with Gasteiger partial charge in [0.05, 0.1) is 0 Å². The van der Waals surface area contributed by atoms with Gasteiger partial charge in [0.1, 0.15) is 11.5 Å². The molecule has 0 atom stereocenters. The Kier molecular flexibility index (Phi) is 7.88. The Morgan fingerprint density at radius 2 is 1.46 bits per heavy atom. The summed E-state index contributed by atoms with van der Waals surface area (Å²) in [4.78, 5) is 2.35. The maximum absolute atomic E-state index is 6.21. The van der Waals surface area contributed by atoms with Crippen molar-refractivity contribution in [2.45, 2.75) is 13.8 Å². The lowest BCUT2D eigenvalue weighted by Gasteiger charge is -2.27. The molecule has 0 aliphatic carbocycles. The Labute approximate surface area is 177 Å². The summed E-state index contributed by atoms with van der Waals surface area (Å²) in [6.45, 7) is 9.21. The third-order valence-electron chi connectivity index (χ3n) is 4.62. The molecule has 1 aliphatic rings. The van der Waals surface area contributed by atoms with Gasteiger partial charge in [0.2, 0.25) is 0 Å². The molecule has 0 radical (unpaired) electrons. The molecule has 1 N–H and O–H groups in total. The van der Waals surface area contributed by atoms with Crippen molar-refractivity contribution in [3.05, 3.63) is 57.6 Å². The molecule has 0 saturated carbocycles. The summed E-state index contributed by atoms with van der Waals surface area (Å²) in [6, 6.07) is 11.0. The van der Waals surface area contributed by atoms with Gasteiger partial charge in [-0.05, 0) is 49.2 Å². The van der Waals surface area contributed by atoms with Gasteiger partial charge in [-0.25, -0.2) is 0 Å². The van der Waals surface area contributed by atoms with Crippen molar-refractivity contribution in [3.8, 4) is 11.5 Å². The topological polar surface area (TPSA) is 43.0 Å². The van der Waals surface area contributed by atoms with Crippen molar-refractivity contribution in [1.82, 2.24) is 10.2 Å². The quantitative estimate of drug-likeness (QED) is 0.652. The first-order valence-electron chi connectivity index (χ1n) is 9.41. The van der Waals surface area contributed by atoms with Crippen molar-refractivity contribution >= 4 is 30.5 Å². The van der Waals surface area contributed by atoms with E-state index in [9.17, 15) is 0 Å². The fourth-order valence-electron chi connectivity index (χ4n) is 2.82. The molecule has 1 saturated heterocycles. The molecule has 1 heterocycles. The van der Waals surface area contributed by atoms with Gasteiger partial charge in [-0.2, -0.15) is 0 Å². The molecule has 3 rings (SSSR count). The molecule has 8 heteroatoms. The molecule has 0 spiro atoms. The number of rotatable bonds is 8. The molecule has 5 nitrogen and oxygen atoms in total. The highest BCUT2D eigenvalue weighted by Gasteiger charge is 2.28. The molecule has 1 aliphatic heterocycles. The Morgan fingerprint density at radius 1 is 0.929 bits per heavy atom. The van der Waals surface area contributed by atoms with Crippen molar-refractivity contribution in [2.75, 3.05) is 39.3 Å². The van der Waals surface area contributed by atoms with Crippen molar-refractivity contribution in [3.63, 3.8) is 0 Å². The SMILES string of the molecule is Cc1ccc(OB(OCCN2CCNCC2)Oc2ccc(C)c(Cl)c2)cc1Cl. The van der Waals surface area contributed by atoms with Gasteiger partial charge in [0.15, 0.2) is 0 Å². The standard InChI is InChI=1S/C20H25BCl2N2O3/c1-15-3-5-17(13-19(15)22)27-21(26-12-11-25-9-7-24-8-10-25)28-18-6-4-16(2)20(23)14-18/h3-6,13-14,24H,7-12H2,1-2H3. The second kappa shape index (κ2) is 10.4. The molecular weight excluding hydrogens is 398 g/mol. The Bertz CT molecular complexity index is 735. The first kappa shape index (κ1) is 21.3. The Morgan fingerprint density at radius 3 is 1.96 bits per heavy atom. The van der Waals surface area contributed by atoms with Gasteiger partial charge < -0.3 is 19.3 Å². The second-order valence-electron chi connectivity index (χ2n) is 6.81. The van der Waals surface area contributed by atoms with E-state index in [0.29, 0.717) is 28.2 Å². The summed E-state index contributed by atoms with van der Waals surface area (Å²) < 4.78 is 17.7. The molecule has 0 bridgehead atoms. The average Bonchev–Trinajstić information content (AvgIpc) is 2.68. The minimum Gasteiger partial charge on any atom is -0.501 e. The van der Waals surface area contributed by atoms with Gasteiger partial charge in [0, 0.05) is 49.4 Å². The predicted molar refractivity (Wildman–Crippen MR) is 115 cm³/mol. The molecule has 0 amide bonds. The monoisotopic (exact) mass is 422 g/mol. The largest absolute Gasteiger partial charge is 0.788 e. The van der Waals surface area contributed by atoms with Gasteiger partial charge >= 0.3 is 7.32 Å². The Balaban J connectivity index is 1.64. The van der Waals surface area contributed by atoms with Gasteiger partial charge in [-0.3, -0.25) is 4.90 Å². The van der Waals surface area contributed by atoms with Crippen LogP contribution in [-0.2, 0) is 4.65 Å². The van der Waals surface area contributed by atoms with Crippen LogP contribution < -0.4 is 14.6 Å². The lowest BCUT2D eigenvalue weighted by Crippen LogP contribution is -2.45. The number of halogens is 2. The number of hydrogen-bond acceptors (Lipinski definition) is 5. The molecule has 150 valence electrons. The number of aryl methyl sites for hydroxylation is 2. The van der Waals surface area contributed by atoms with Crippen LogP contribution in [0.15, 0.2) is 36.4 Å². The number of nitrogens with one attached hydrogen (secondary N) is 1. The maximum Gasteiger partial charge on any atom is 0.788 e. The first-order valence-corrected chi connectivity index (χ1v) is 10.2. The van der Waals surface area contributed by atoms with Gasteiger partial charge in [-0.15, -0.1) is 0 Å². The van der Waals surface area contributed by atoms with Gasteiger partial charge in [-0.1, -0.05) is 35.3 Å². The maximum atomic E-state index is 6.21. The van der Waals surface area contributed by atoms with E-state index in [0.717, 1.165) is 43.9 Å². The highest BCUT2D eigenvalue weighted by molar-refractivity contribution is 6.38. The highest BCUT2D eigenvalue weighted by atomic mass is 35.5. The number of benzene rings is 2. The zero-order chi connectivity index (χ0) is 19.9. The molecule has 0 aromatic heterocycles. The minimum atomic E-state index is -0.902. The van der Waals surface area contributed by atoms with E-state index in [2.05, 4.69) is 10.2 Å². The molecular formula is C20H25BCl2N2O3. The van der Waals surface area contributed by atoms with E-state index >= 15 is 0 Å². The number of hydrogen-bond donors (Lipinski definition) is 1. The van der Waals surface area contributed by atoms with Crippen LogP contribution in [0.1, 0.15) is 11.1 Å². The second-order valence-corrected chi connectivity index (χ2v) is 7.62.